The van der Waals surface area contributed by atoms with Crippen molar-refractivity contribution in [2.45, 2.75) is 25.7 Å². The molecule has 2 aliphatic rings. The summed E-state index contributed by atoms with van der Waals surface area (Å²) in [6.45, 7) is 3.72. The van der Waals surface area contributed by atoms with Gasteiger partial charge in [0.15, 0.2) is 11.6 Å². The van der Waals surface area contributed by atoms with Crippen LogP contribution in [0.1, 0.15) is 35.3 Å². The molecule has 1 fully saturated rings. The Labute approximate surface area is 198 Å². The maximum atomic E-state index is 14.2. The molecule has 1 aromatic heterocycles. The molecule has 1 aromatic carbocycles. The number of dihydropyridines is 1. The van der Waals surface area contributed by atoms with Crippen LogP contribution in [0.3, 0.4) is 0 Å². The second-order valence-corrected chi connectivity index (χ2v) is 8.75. The van der Waals surface area contributed by atoms with Crippen molar-refractivity contribution in [1.82, 2.24) is 15.2 Å². The van der Waals surface area contributed by atoms with Gasteiger partial charge in [-0.1, -0.05) is 11.6 Å². The highest BCUT2D eigenvalue weighted by Gasteiger charge is 2.22. The predicted molar refractivity (Wildman–Crippen MR) is 128 cm³/mol. The molecular formula is C25H28ClFN4O2. The zero-order valence-electron chi connectivity index (χ0n) is 18.5. The number of ether oxygens (including phenoxy) is 1. The number of amides is 1. The van der Waals surface area contributed by atoms with Gasteiger partial charge in [-0.2, -0.15) is 0 Å². The summed E-state index contributed by atoms with van der Waals surface area (Å²) in [7, 11) is 0. The van der Waals surface area contributed by atoms with Crippen LogP contribution in [0.25, 0.3) is 0 Å². The standard InChI is InChI=1S/C25H28ClFN4O2/c26-20-2-3-21(29-17-20)9-14-33-24-15-19(1-4-23(24)27)25(32)30-16-18-7-12-31(13-8-18)22-5-10-28-11-6-22/h1-5,10,15,17-18H,6-9,11-14,16H2,(H,30,32). The van der Waals surface area contributed by atoms with Crippen LogP contribution in [-0.2, 0) is 6.42 Å². The molecule has 4 rings (SSSR count). The second-order valence-electron chi connectivity index (χ2n) is 8.32. The van der Waals surface area contributed by atoms with Gasteiger partial charge in [-0.25, -0.2) is 4.39 Å². The molecule has 0 aliphatic carbocycles. The molecule has 0 saturated carbocycles. The van der Waals surface area contributed by atoms with Crippen LogP contribution in [0.4, 0.5) is 4.39 Å². The number of piperidine rings is 1. The number of allylic oxidation sites excluding steroid dienone is 1. The van der Waals surface area contributed by atoms with Gasteiger partial charge < -0.3 is 15.0 Å². The highest BCUT2D eigenvalue weighted by Crippen LogP contribution is 2.23. The van der Waals surface area contributed by atoms with Gasteiger partial charge in [0.25, 0.3) is 5.91 Å². The fourth-order valence-corrected chi connectivity index (χ4v) is 4.19. The molecule has 6 nitrogen and oxygen atoms in total. The van der Waals surface area contributed by atoms with Gasteiger partial charge in [0, 0.05) is 68.4 Å². The van der Waals surface area contributed by atoms with E-state index in [9.17, 15) is 9.18 Å². The SMILES string of the molecule is O=C(NCC1CCN(C2=CC=NCC2)CC1)c1ccc(F)c(OCCc2ccc(Cl)cn2)c1. The summed E-state index contributed by atoms with van der Waals surface area (Å²) >= 11 is 5.83. The average molecular weight is 471 g/mol. The van der Waals surface area contributed by atoms with Crippen LogP contribution in [0.15, 0.2) is 53.3 Å². The Bertz CT molecular complexity index is 1020. The number of pyridine rings is 1. The number of aromatic nitrogens is 1. The van der Waals surface area contributed by atoms with Crippen LogP contribution in [-0.4, -0.2) is 54.8 Å². The van der Waals surface area contributed by atoms with Crippen molar-refractivity contribution in [2.24, 2.45) is 10.9 Å². The lowest BCUT2D eigenvalue weighted by Gasteiger charge is -2.35. The number of halogens is 2. The lowest BCUT2D eigenvalue weighted by Crippen LogP contribution is -2.38. The van der Waals surface area contributed by atoms with Gasteiger partial charge in [0.1, 0.15) is 0 Å². The summed E-state index contributed by atoms with van der Waals surface area (Å²) in [5.74, 6) is -0.210. The van der Waals surface area contributed by atoms with Crippen molar-refractivity contribution in [3.63, 3.8) is 0 Å². The molecule has 1 amide bonds. The third-order valence-corrected chi connectivity index (χ3v) is 6.26. The van der Waals surface area contributed by atoms with Gasteiger partial charge in [-0.3, -0.25) is 14.8 Å². The van der Waals surface area contributed by atoms with Gasteiger partial charge in [-0.05, 0) is 55.2 Å². The number of hydrogen-bond donors (Lipinski definition) is 1. The quantitative estimate of drug-likeness (QED) is 0.624. The van der Waals surface area contributed by atoms with Crippen LogP contribution < -0.4 is 10.1 Å². The number of carbonyl (C=O) groups is 1. The first-order valence-electron chi connectivity index (χ1n) is 11.3. The van der Waals surface area contributed by atoms with Crippen molar-refractivity contribution in [3.8, 4) is 5.75 Å². The highest BCUT2D eigenvalue weighted by atomic mass is 35.5. The van der Waals surface area contributed by atoms with E-state index in [0.29, 0.717) is 29.5 Å². The lowest BCUT2D eigenvalue weighted by atomic mass is 9.95. The number of hydrogen-bond acceptors (Lipinski definition) is 5. The van der Waals surface area contributed by atoms with Crippen LogP contribution in [0, 0.1) is 11.7 Å². The minimum Gasteiger partial charge on any atom is -0.490 e. The Morgan fingerprint density at radius 3 is 2.82 bits per heavy atom. The third-order valence-electron chi connectivity index (χ3n) is 6.04. The molecule has 0 atom stereocenters. The van der Waals surface area contributed by atoms with E-state index in [1.54, 1.807) is 18.3 Å². The Morgan fingerprint density at radius 1 is 1.24 bits per heavy atom. The summed E-state index contributed by atoms with van der Waals surface area (Å²) in [6.07, 6.45) is 9.13. The Morgan fingerprint density at radius 2 is 2.09 bits per heavy atom. The summed E-state index contributed by atoms with van der Waals surface area (Å²) in [4.78, 5) is 23.5. The van der Waals surface area contributed by atoms with E-state index in [1.165, 1.54) is 23.9 Å². The molecule has 0 unspecified atom stereocenters. The van der Waals surface area contributed by atoms with Crippen LogP contribution >= 0.6 is 11.6 Å². The third kappa shape index (κ3) is 6.54. The predicted octanol–water partition coefficient (Wildman–Crippen LogP) is 4.30. The fraction of sp³-hybridized carbons (Fsp3) is 0.400. The van der Waals surface area contributed by atoms with Crippen molar-refractivity contribution in [3.05, 3.63) is 70.4 Å². The largest absolute Gasteiger partial charge is 0.490 e. The van der Waals surface area contributed by atoms with E-state index in [-0.39, 0.29) is 18.3 Å². The topological polar surface area (TPSA) is 66.8 Å². The van der Waals surface area contributed by atoms with Crippen molar-refractivity contribution in [2.75, 3.05) is 32.8 Å². The monoisotopic (exact) mass is 470 g/mol. The van der Waals surface area contributed by atoms with E-state index in [2.05, 4.69) is 26.3 Å². The van der Waals surface area contributed by atoms with Gasteiger partial charge in [-0.15, -0.1) is 0 Å². The van der Waals surface area contributed by atoms with Crippen molar-refractivity contribution in [1.29, 1.82) is 0 Å². The first kappa shape index (κ1) is 23.2. The molecule has 1 saturated heterocycles. The number of likely N-dealkylation sites (tertiary alicyclic amines) is 1. The molecule has 0 spiro atoms. The Balaban J connectivity index is 1.24. The van der Waals surface area contributed by atoms with E-state index in [0.717, 1.165) is 44.6 Å². The van der Waals surface area contributed by atoms with Gasteiger partial charge >= 0.3 is 0 Å². The summed E-state index contributed by atoms with van der Waals surface area (Å²) < 4.78 is 19.7. The second kappa shape index (κ2) is 11.3. The zero-order valence-corrected chi connectivity index (χ0v) is 19.2. The number of benzene rings is 1. The van der Waals surface area contributed by atoms with Gasteiger partial charge in [0.2, 0.25) is 0 Å². The van der Waals surface area contributed by atoms with Crippen LogP contribution in [0.2, 0.25) is 5.02 Å². The molecule has 0 radical (unpaired) electrons. The number of nitrogens with one attached hydrogen (secondary N) is 1. The van der Waals surface area contributed by atoms with Crippen LogP contribution in [0.5, 0.6) is 5.75 Å². The molecule has 1 N–H and O–H groups in total. The number of carbonyl (C=O) groups excluding carboxylic acids is 1. The highest BCUT2D eigenvalue weighted by molar-refractivity contribution is 6.30. The molecule has 2 aromatic rings. The van der Waals surface area contributed by atoms with E-state index >= 15 is 0 Å². The number of rotatable bonds is 8. The average Bonchev–Trinajstić information content (AvgIpc) is 2.86. The molecule has 0 bridgehead atoms. The van der Waals surface area contributed by atoms with Crippen molar-refractivity contribution < 1.29 is 13.9 Å². The van der Waals surface area contributed by atoms with Gasteiger partial charge in [0.05, 0.1) is 11.6 Å². The maximum absolute atomic E-state index is 14.2. The van der Waals surface area contributed by atoms with E-state index in [1.807, 2.05) is 6.21 Å². The maximum Gasteiger partial charge on any atom is 0.251 e. The molecule has 2 aliphatic heterocycles. The zero-order chi connectivity index (χ0) is 23.0. The minimum atomic E-state index is -0.495. The molecule has 3 heterocycles. The fourth-order valence-electron chi connectivity index (χ4n) is 4.08. The molecule has 33 heavy (non-hydrogen) atoms. The summed E-state index contributed by atoms with van der Waals surface area (Å²) in [5, 5.41) is 3.56. The molecule has 174 valence electrons. The number of nitrogens with zero attached hydrogens (tertiary/aromatic N) is 3. The molecular weight excluding hydrogens is 443 g/mol. The summed E-state index contributed by atoms with van der Waals surface area (Å²) in [6, 6.07) is 7.76. The Hall–Kier alpha value is -2.93. The Kier molecular flexibility index (Phi) is 7.94. The lowest BCUT2D eigenvalue weighted by molar-refractivity contribution is 0.0938. The number of aliphatic imine (C=N–C) groups is 1. The first-order chi connectivity index (χ1) is 16.1. The first-order valence-corrected chi connectivity index (χ1v) is 11.7. The summed E-state index contributed by atoms with van der Waals surface area (Å²) in [5.41, 5.74) is 2.55. The van der Waals surface area contributed by atoms with Crippen molar-refractivity contribution >= 4 is 23.7 Å². The molecule has 8 heteroatoms. The van der Waals surface area contributed by atoms with E-state index < -0.39 is 5.82 Å². The van der Waals surface area contributed by atoms with E-state index in [4.69, 9.17) is 16.3 Å². The normalized spacial score (nSPS) is 16.4. The smallest absolute Gasteiger partial charge is 0.251 e. The minimum absolute atomic E-state index is 0.0641.